The van der Waals surface area contributed by atoms with Crippen molar-refractivity contribution < 1.29 is 13.3 Å². The summed E-state index contributed by atoms with van der Waals surface area (Å²) in [6, 6.07) is 0.905. The number of hydrogen-bond donors (Lipinski definition) is 1. The molecule has 2 atom stereocenters. The van der Waals surface area contributed by atoms with Gasteiger partial charge in [-0.25, -0.2) is 0 Å². The highest BCUT2D eigenvalue weighted by Crippen LogP contribution is 2.30. The Hall–Kier alpha value is 0.447. The van der Waals surface area contributed by atoms with E-state index in [-0.39, 0.29) is 6.10 Å². The number of hydrogen-bond acceptors (Lipinski definition) is 4. The van der Waals surface area contributed by atoms with Crippen LogP contribution in [0, 0.1) is 5.92 Å². The normalized spacial score (nSPS) is 24.9. The van der Waals surface area contributed by atoms with Gasteiger partial charge in [-0.1, -0.05) is 13.8 Å². The molecule has 0 radical (unpaired) electrons. The molecule has 0 spiro atoms. The van der Waals surface area contributed by atoms with Crippen molar-refractivity contribution in [3.8, 4) is 0 Å². The van der Waals surface area contributed by atoms with Gasteiger partial charge in [-0.05, 0) is 45.4 Å². The molecule has 1 rings (SSSR count). The minimum atomic E-state index is -2.51. The molecule has 0 saturated heterocycles. The zero-order chi connectivity index (χ0) is 14.3. The van der Waals surface area contributed by atoms with Crippen molar-refractivity contribution in [3.05, 3.63) is 0 Å². The Labute approximate surface area is 125 Å². The SMILES string of the molecule is CCO[Si](CC(C)C)(OCC)OC1CCCC(S)C1. The maximum Gasteiger partial charge on any atom is 0.501 e. The number of thiol groups is 1. The van der Waals surface area contributed by atoms with Crippen LogP contribution < -0.4 is 0 Å². The lowest BCUT2D eigenvalue weighted by Crippen LogP contribution is -2.50. The summed E-state index contributed by atoms with van der Waals surface area (Å²) in [7, 11) is -2.51. The Bertz CT molecular complexity index is 245. The first-order valence-corrected chi connectivity index (χ1v) is 10.1. The fraction of sp³-hybridized carbons (Fsp3) is 1.00. The molecule has 1 fully saturated rings. The maximum atomic E-state index is 6.39. The zero-order valence-corrected chi connectivity index (χ0v) is 14.7. The summed E-state index contributed by atoms with van der Waals surface area (Å²) in [5, 5.41) is 0.466. The summed E-state index contributed by atoms with van der Waals surface area (Å²) in [5.41, 5.74) is 0. The topological polar surface area (TPSA) is 27.7 Å². The fourth-order valence-corrected chi connectivity index (χ4v) is 6.27. The van der Waals surface area contributed by atoms with Gasteiger partial charge < -0.3 is 13.3 Å². The third-order valence-electron chi connectivity index (χ3n) is 3.33. The average Bonchev–Trinajstić information content (AvgIpc) is 2.28. The Balaban J connectivity index is 2.69. The Kier molecular flexibility index (Phi) is 7.99. The lowest BCUT2D eigenvalue weighted by atomic mass is 9.97. The minimum Gasteiger partial charge on any atom is -0.374 e. The molecule has 0 aliphatic heterocycles. The van der Waals surface area contributed by atoms with Gasteiger partial charge in [0.05, 0.1) is 6.10 Å². The van der Waals surface area contributed by atoms with E-state index >= 15 is 0 Å². The molecule has 2 unspecified atom stereocenters. The fourth-order valence-electron chi connectivity index (χ4n) is 2.70. The van der Waals surface area contributed by atoms with Gasteiger partial charge in [-0.2, -0.15) is 12.6 Å². The number of rotatable bonds is 8. The molecule has 0 bridgehead atoms. The summed E-state index contributed by atoms with van der Waals surface area (Å²) in [5.74, 6) is 0.528. The molecule has 1 aliphatic rings. The molecule has 3 nitrogen and oxygen atoms in total. The summed E-state index contributed by atoms with van der Waals surface area (Å²) in [6.45, 7) is 9.77. The Morgan fingerprint density at radius 1 is 1.16 bits per heavy atom. The van der Waals surface area contributed by atoms with Crippen molar-refractivity contribution >= 4 is 21.4 Å². The van der Waals surface area contributed by atoms with Gasteiger partial charge in [0.25, 0.3) is 0 Å². The van der Waals surface area contributed by atoms with Crippen molar-refractivity contribution in [2.75, 3.05) is 13.2 Å². The third-order valence-corrected chi connectivity index (χ3v) is 7.27. The zero-order valence-electron chi connectivity index (χ0n) is 12.9. The molecule has 0 amide bonds. The van der Waals surface area contributed by atoms with Gasteiger partial charge in [0.2, 0.25) is 0 Å². The largest absolute Gasteiger partial charge is 0.501 e. The van der Waals surface area contributed by atoms with Crippen LogP contribution >= 0.6 is 12.6 Å². The summed E-state index contributed by atoms with van der Waals surface area (Å²) in [6.07, 6.45) is 4.80. The van der Waals surface area contributed by atoms with E-state index in [0.717, 1.165) is 18.9 Å². The third kappa shape index (κ3) is 6.17. The van der Waals surface area contributed by atoms with Crippen molar-refractivity contribution in [2.45, 2.75) is 70.8 Å². The van der Waals surface area contributed by atoms with E-state index in [9.17, 15) is 0 Å². The molecular formula is C14H30O3SSi. The van der Waals surface area contributed by atoms with Crippen LogP contribution in [0.25, 0.3) is 0 Å². The molecular weight excluding hydrogens is 276 g/mol. The van der Waals surface area contributed by atoms with Gasteiger partial charge in [0.15, 0.2) is 0 Å². The van der Waals surface area contributed by atoms with Crippen LogP contribution in [0.2, 0.25) is 6.04 Å². The second-order valence-corrected chi connectivity index (χ2v) is 9.02. The molecule has 5 heteroatoms. The van der Waals surface area contributed by atoms with Gasteiger partial charge in [-0.15, -0.1) is 0 Å². The monoisotopic (exact) mass is 306 g/mol. The molecule has 0 heterocycles. The van der Waals surface area contributed by atoms with Crippen molar-refractivity contribution in [1.82, 2.24) is 0 Å². The van der Waals surface area contributed by atoms with Crippen molar-refractivity contribution in [1.29, 1.82) is 0 Å². The summed E-state index contributed by atoms with van der Waals surface area (Å²) in [4.78, 5) is 0. The van der Waals surface area contributed by atoms with Crippen LogP contribution in [0.3, 0.4) is 0 Å². The van der Waals surface area contributed by atoms with Gasteiger partial charge in [0, 0.05) is 24.5 Å². The van der Waals surface area contributed by atoms with Crippen LogP contribution in [-0.4, -0.2) is 33.4 Å². The molecule has 1 aliphatic carbocycles. The molecule has 19 heavy (non-hydrogen) atoms. The quantitative estimate of drug-likeness (QED) is 0.544. The smallest absolute Gasteiger partial charge is 0.374 e. The van der Waals surface area contributed by atoms with E-state index in [2.05, 4.69) is 26.5 Å². The van der Waals surface area contributed by atoms with Crippen LogP contribution in [-0.2, 0) is 13.3 Å². The van der Waals surface area contributed by atoms with Crippen molar-refractivity contribution in [2.24, 2.45) is 5.92 Å². The van der Waals surface area contributed by atoms with Crippen molar-refractivity contribution in [3.63, 3.8) is 0 Å². The highest BCUT2D eigenvalue weighted by molar-refractivity contribution is 7.80. The average molecular weight is 307 g/mol. The van der Waals surface area contributed by atoms with E-state index in [1.807, 2.05) is 13.8 Å². The Morgan fingerprint density at radius 2 is 1.79 bits per heavy atom. The van der Waals surface area contributed by atoms with Gasteiger partial charge >= 0.3 is 8.80 Å². The lowest BCUT2D eigenvalue weighted by Gasteiger charge is -2.36. The predicted octanol–water partition coefficient (Wildman–Crippen LogP) is 3.91. The first-order chi connectivity index (χ1) is 9.01. The van der Waals surface area contributed by atoms with Crippen LogP contribution in [0.4, 0.5) is 0 Å². The highest BCUT2D eigenvalue weighted by Gasteiger charge is 2.44. The predicted molar refractivity (Wildman–Crippen MR) is 84.8 cm³/mol. The lowest BCUT2D eigenvalue weighted by molar-refractivity contribution is 0.0176. The van der Waals surface area contributed by atoms with E-state index in [0.29, 0.717) is 24.4 Å². The summed E-state index contributed by atoms with van der Waals surface area (Å²) < 4.78 is 18.4. The van der Waals surface area contributed by atoms with Gasteiger partial charge in [0.1, 0.15) is 0 Å². The van der Waals surface area contributed by atoms with E-state index in [1.165, 1.54) is 12.8 Å². The molecule has 1 saturated carbocycles. The first-order valence-electron chi connectivity index (χ1n) is 7.65. The second kappa shape index (κ2) is 8.67. The maximum absolute atomic E-state index is 6.39. The molecule has 0 aromatic rings. The summed E-state index contributed by atoms with van der Waals surface area (Å²) >= 11 is 4.60. The molecule has 0 aromatic heterocycles. The first kappa shape index (κ1) is 17.5. The van der Waals surface area contributed by atoms with E-state index in [4.69, 9.17) is 13.3 Å². The molecule has 114 valence electrons. The molecule has 0 N–H and O–H groups in total. The van der Waals surface area contributed by atoms with E-state index < -0.39 is 8.80 Å². The van der Waals surface area contributed by atoms with Gasteiger partial charge in [-0.3, -0.25) is 0 Å². The van der Waals surface area contributed by atoms with Crippen LogP contribution in [0.1, 0.15) is 53.4 Å². The van der Waals surface area contributed by atoms with E-state index in [1.54, 1.807) is 0 Å². The highest BCUT2D eigenvalue weighted by atomic mass is 32.1. The minimum absolute atomic E-state index is 0.264. The second-order valence-electron chi connectivity index (χ2n) is 5.71. The van der Waals surface area contributed by atoms with Crippen LogP contribution in [0.5, 0.6) is 0 Å². The van der Waals surface area contributed by atoms with Crippen LogP contribution in [0.15, 0.2) is 0 Å². The Morgan fingerprint density at radius 3 is 2.26 bits per heavy atom. The standard InChI is InChI=1S/C14H30O3SSi/c1-5-15-19(16-6-2,11-12(3)4)17-13-8-7-9-14(18)10-13/h12-14,18H,5-11H2,1-4H3. The molecule has 0 aromatic carbocycles.